The summed E-state index contributed by atoms with van der Waals surface area (Å²) in [5.74, 6) is 0.922. The number of nitrogens with zero attached hydrogens (tertiary/aromatic N) is 3. The van der Waals surface area contributed by atoms with Crippen molar-refractivity contribution in [2.75, 3.05) is 18.2 Å². The Morgan fingerprint density at radius 2 is 1.92 bits per heavy atom. The van der Waals surface area contributed by atoms with Crippen molar-refractivity contribution >= 4 is 40.0 Å². The van der Waals surface area contributed by atoms with Gasteiger partial charge in [-0.25, -0.2) is 4.79 Å². The highest BCUT2D eigenvalue weighted by Gasteiger charge is 2.27. The number of fused-ring (bicyclic) bond motifs is 1. The number of benzene rings is 1. The zero-order valence-electron chi connectivity index (χ0n) is 22.3. The molecule has 1 atom stereocenters. The largest absolute Gasteiger partial charge is 0.483 e. The van der Waals surface area contributed by atoms with Crippen LogP contribution in [0.5, 0.6) is 5.75 Å². The van der Waals surface area contributed by atoms with Crippen molar-refractivity contribution in [2.24, 2.45) is 0 Å². The van der Waals surface area contributed by atoms with E-state index in [0.29, 0.717) is 28.1 Å². The van der Waals surface area contributed by atoms with Gasteiger partial charge in [-0.05, 0) is 75.3 Å². The van der Waals surface area contributed by atoms with E-state index < -0.39 is 5.97 Å². The van der Waals surface area contributed by atoms with Crippen LogP contribution in [0.25, 0.3) is 0 Å². The van der Waals surface area contributed by atoms with Crippen LogP contribution >= 0.6 is 23.1 Å². The van der Waals surface area contributed by atoms with E-state index in [0.717, 1.165) is 54.5 Å². The number of carbonyl (C=O) groups excluding carboxylic acids is 2. The highest BCUT2D eigenvalue weighted by atomic mass is 32.2. The fraction of sp³-hybridized carbons (Fsp3) is 0.429. The summed E-state index contributed by atoms with van der Waals surface area (Å²) in [6, 6.07) is 6.08. The first-order valence-corrected chi connectivity index (χ1v) is 14.5. The number of carbonyl (C=O) groups is 2. The second-order valence-electron chi connectivity index (χ2n) is 9.42. The van der Waals surface area contributed by atoms with Gasteiger partial charge in [0.05, 0.1) is 18.4 Å². The molecule has 202 valence electrons. The molecule has 0 radical (unpaired) electrons. The van der Waals surface area contributed by atoms with Crippen molar-refractivity contribution in [1.82, 2.24) is 14.8 Å². The fourth-order valence-electron chi connectivity index (χ4n) is 4.71. The third kappa shape index (κ3) is 6.47. The molecule has 1 aliphatic rings. The summed E-state index contributed by atoms with van der Waals surface area (Å²) < 4.78 is 13.1. The predicted molar refractivity (Wildman–Crippen MR) is 151 cm³/mol. The zero-order chi connectivity index (χ0) is 27.2. The highest BCUT2D eigenvalue weighted by Crippen LogP contribution is 2.38. The number of aromatic nitrogens is 3. The number of methoxy groups -OCH3 is 1. The number of aryl methyl sites for hydroxylation is 3. The van der Waals surface area contributed by atoms with Gasteiger partial charge in [-0.3, -0.25) is 9.36 Å². The highest BCUT2D eigenvalue weighted by molar-refractivity contribution is 7.99. The summed E-state index contributed by atoms with van der Waals surface area (Å²) in [4.78, 5) is 26.7. The van der Waals surface area contributed by atoms with Gasteiger partial charge in [0.1, 0.15) is 10.8 Å². The molecule has 8 nitrogen and oxygen atoms in total. The lowest BCUT2D eigenvalue weighted by atomic mass is 10.1. The molecule has 1 unspecified atom stereocenters. The van der Waals surface area contributed by atoms with Crippen LogP contribution in [0.4, 0.5) is 5.00 Å². The molecule has 1 amide bonds. The smallest absolute Gasteiger partial charge is 0.341 e. The van der Waals surface area contributed by atoms with Crippen LogP contribution in [-0.2, 0) is 28.9 Å². The molecule has 1 aliphatic carbocycles. The number of esters is 1. The Kier molecular flexibility index (Phi) is 9.27. The van der Waals surface area contributed by atoms with Crippen LogP contribution in [0.2, 0.25) is 0 Å². The van der Waals surface area contributed by atoms with Gasteiger partial charge < -0.3 is 14.8 Å². The van der Waals surface area contributed by atoms with Crippen LogP contribution in [0.3, 0.4) is 0 Å². The lowest BCUT2D eigenvalue weighted by Gasteiger charge is -2.16. The molecule has 0 fully saturated rings. The molecule has 38 heavy (non-hydrogen) atoms. The fourth-order valence-corrected chi connectivity index (χ4v) is 6.76. The first-order chi connectivity index (χ1) is 18.3. The van der Waals surface area contributed by atoms with Crippen molar-refractivity contribution in [3.8, 4) is 5.75 Å². The Morgan fingerprint density at radius 1 is 1.18 bits per heavy atom. The van der Waals surface area contributed by atoms with E-state index in [-0.39, 0.29) is 17.8 Å². The number of rotatable bonds is 10. The quantitative estimate of drug-likeness (QED) is 0.141. The molecule has 2 heterocycles. The summed E-state index contributed by atoms with van der Waals surface area (Å²) in [5, 5.41) is 12.8. The summed E-state index contributed by atoms with van der Waals surface area (Å²) in [6.45, 7) is 10.3. The van der Waals surface area contributed by atoms with E-state index in [2.05, 4.69) is 28.2 Å². The van der Waals surface area contributed by atoms with Gasteiger partial charge in [-0.15, -0.1) is 28.1 Å². The van der Waals surface area contributed by atoms with Gasteiger partial charge in [0.25, 0.3) is 0 Å². The molecular weight excluding hydrogens is 520 g/mol. The molecule has 0 saturated carbocycles. The van der Waals surface area contributed by atoms with Gasteiger partial charge in [0, 0.05) is 11.4 Å². The number of hydrogen-bond donors (Lipinski definition) is 1. The molecule has 0 aliphatic heterocycles. The summed E-state index contributed by atoms with van der Waals surface area (Å²) in [7, 11) is 1.37. The number of thioether (sulfide) groups is 1. The van der Waals surface area contributed by atoms with Gasteiger partial charge >= 0.3 is 5.97 Å². The number of nitrogens with one attached hydrogen (secondary N) is 1. The third-order valence-electron chi connectivity index (χ3n) is 6.32. The number of hydrogen-bond acceptors (Lipinski definition) is 8. The van der Waals surface area contributed by atoms with E-state index in [1.54, 1.807) is 6.08 Å². The topological polar surface area (TPSA) is 95.3 Å². The summed E-state index contributed by atoms with van der Waals surface area (Å²) in [6.07, 6.45) is 6.43. The molecule has 1 N–H and O–H groups in total. The normalized spacial score (nSPS) is 13.8. The molecule has 0 bridgehead atoms. The SMILES string of the molecule is C=CCn1c(SCC(=O)Nc2sc3c(c2C(=O)OC)CCCCC3)nnc1C(C)Oc1cc(C)cc(C)c1. The second-order valence-corrected chi connectivity index (χ2v) is 11.5. The number of amides is 1. The standard InChI is InChI=1S/C28H34N4O4S2/c1-6-12-32-25(19(4)36-20-14-17(2)13-18(3)15-20)30-31-28(32)37-16-23(33)29-26-24(27(34)35-5)21-10-8-7-9-11-22(21)38-26/h6,13-15,19H,1,7-12,16H2,2-5H3,(H,29,33). The molecule has 3 aromatic rings. The summed E-state index contributed by atoms with van der Waals surface area (Å²) >= 11 is 2.77. The maximum atomic E-state index is 13.0. The first kappa shape index (κ1) is 27.9. The minimum atomic E-state index is -0.402. The minimum Gasteiger partial charge on any atom is -0.483 e. The second kappa shape index (κ2) is 12.6. The molecule has 0 spiro atoms. The van der Waals surface area contributed by atoms with E-state index in [9.17, 15) is 9.59 Å². The monoisotopic (exact) mass is 554 g/mol. The lowest BCUT2D eigenvalue weighted by Crippen LogP contribution is -2.17. The van der Waals surface area contributed by atoms with Gasteiger partial charge in [-0.2, -0.15) is 0 Å². The van der Waals surface area contributed by atoms with Crippen LogP contribution in [0.15, 0.2) is 36.0 Å². The molecule has 2 aromatic heterocycles. The van der Waals surface area contributed by atoms with Crippen LogP contribution in [-0.4, -0.2) is 39.5 Å². The number of allylic oxidation sites excluding steroid dienone is 1. The van der Waals surface area contributed by atoms with Crippen molar-refractivity contribution in [3.05, 3.63) is 63.8 Å². The van der Waals surface area contributed by atoms with Crippen molar-refractivity contribution < 1.29 is 19.1 Å². The first-order valence-electron chi connectivity index (χ1n) is 12.7. The Morgan fingerprint density at radius 3 is 2.63 bits per heavy atom. The van der Waals surface area contributed by atoms with Gasteiger partial charge in [-0.1, -0.05) is 30.3 Å². The number of ether oxygens (including phenoxy) is 2. The van der Waals surface area contributed by atoms with Crippen molar-refractivity contribution in [2.45, 2.75) is 70.7 Å². The molecule has 10 heteroatoms. The van der Waals surface area contributed by atoms with E-state index in [1.807, 2.05) is 37.5 Å². The van der Waals surface area contributed by atoms with E-state index in [4.69, 9.17) is 9.47 Å². The maximum Gasteiger partial charge on any atom is 0.341 e. The average Bonchev–Trinajstić information content (AvgIpc) is 3.34. The lowest BCUT2D eigenvalue weighted by molar-refractivity contribution is -0.113. The third-order valence-corrected chi connectivity index (χ3v) is 8.50. The molecule has 1 aromatic carbocycles. The van der Waals surface area contributed by atoms with Crippen molar-refractivity contribution in [3.63, 3.8) is 0 Å². The molecule has 0 saturated heterocycles. The van der Waals surface area contributed by atoms with Crippen molar-refractivity contribution in [1.29, 1.82) is 0 Å². The summed E-state index contributed by atoms with van der Waals surface area (Å²) in [5.41, 5.74) is 3.77. The zero-order valence-corrected chi connectivity index (χ0v) is 24.0. The van der Waals surface area contributed by atoms with E-state index in [1.165, 1.54) is 35.1 Å². The Balaban J connectivity index is 1.47. The Hall–Kier alpha value is -3.11. The predicted octanol–water partition coefficient (Wildman–Crippen LogP) is 6.07. The van der Waals surface area contributed by atoms with Gasteiger partial charge in [0.2, 0.25) is 5.91 Å². The van der Waals surface area contributed by atoms with Crippen LogP contribution < -0.4 is 10.1 Å². The number of anilines is 1. The Labute approximate surface area is 231 Å². The maximum absolute atomic E-state index is 13.0. The van der Waals surface area contributed by atoms with Gasteiger partial charge in [0.15, 0.2) is 17.1 Å². The Bertz CT molecular complexity index is 1310. The molecular formula is C28H34N4O4S2. The average molecular weight is 555 g/mol. The molecule has 4 rings (SSSR count). The van der Waals surface area contributed by atoms with Crippen LogP contribution in [0, 0.1) is 13.8 Å². The van der Waals surface area contributed by atoms with E-state index >= 15 is 0 Å². The minimum absolute atomic E-state index is 0.116. The number of thiophene rings is 1. The van der Waals surface area contributed by atoms with Crippen LogP contribution in [0.1, 0.15) is 70.0 Å².